The third kappa shape index (κ3) is 13.7. The lowest BCUT2D eigenvalue weighted by molar-refractivity contribution is -0.271. The van der Waals surface area contributed by atoms with Gasteiger partial charge in [0.2, 0.25) is 0 Å². The molecule has 0 saturated carbocycles. The number of hydrogen-bond donors (Lipinski definition) is 1. The monoisotopic (exact) mass is 1100 g/mol. The van der Waals surface area contributed by atoms with Gasteiger partial charge >= 0.3 is 0 Å². The van der Waals surface area contributed by atoms with Crippen molar-refractivity contribution < 1.29 is 56.3 Å². The second-order valence-electron chi connectivity index (χ2n) is 24.1. The Kier molecular flexibility index (Phi) is 22.4. The van der Waals surface area contributed by atoms with Crippen molar-refractivity contribution >= 4 is 25.0 Å². The predicted molar refractivity (Wildman–Crippen MR) is 307 cm³/mol. The van der Waals surface area contributed by atoms with E-state index in [2.05, 4.69) is 95.6 Å². The highest BCUT2D eigenvalue weighted by atomic mass is 28.4. The summed E-state index contributed by atoms with van der Waals surface area (Å²) < 4.78 is 76.9. The van der Waals surface area contributed by atoms with Crippen molar-refractivity contribution in [2.75, 3.05) is 13.7 Å². The van der Waals surface area contributed by atoms with Crippen molar-refractivity contribution in [2.45, 2.75) is 304 Å². The summed E-state index contributed by atoms with van der Waals surface area (Å²) in [5, 5.41) is 11.3. The molecule has 0 radical (unpaired) electrons. The van der Waals surface area contributed by atoms with Crippen LogP contribution in [0.25, 0.3) is 0 Å². The van der Waals surface area contributed by atoms with Gasteiger partial charge in [0.25, 0.3) is 0 Å². The largest absolute Gasteiger partial charge is 0.414 e. The van der Waals surface area contributed by atoms with Crippen LogP contribution in [0.3, 0.4) is 0 Å². The molecule has 0 aromatic heterocycles. The Morgan fingerprint density at radius 1 is 0.680 bits per heavy atom. The number of ether oxygens (including phenoxy) is 8. The van der Waals surface area contributed by atoms with Gasteiger partial charge in [-0.2, -0.15) is 0 Å². The Morgan fingerprint density at radius 2 is 1.32 bits per heavy atom. The van der Waals surface area contributed by atoms with Crippen LogP contribution in [0.1, 0.15) is 146 Å². The molecule has 0 aromatic rings. The van der Waals surface area contributed by atoms with Gasteiger partial charge in [0.1, 0.15) is 30.5 Å². The topological polar surface area (TPSA) is 122 Å². The van der Waals surface area contributed by atoms with E-state index in [4.69, 9.17) is 51.2 Å². The standard InChI is InChI=1S/C60H106O12Si3/c1-16-27-43(61)35-47-51(66-52(54(47)62-15)36-46(71-74(21-6,22-7)23-8)39-63-73(18-3,19-4)20-5)37-50-42(14)40(12)33-44(65-50)29-30-48-41(13)34-45(64-48)31-32-60-38-53-55(69-60)57-58(68-53)59(70-60)56(49(67-57)28-17-2)72-75(24-9,25-10)26-11/h16-17,40,43-59,61H,1-2,13-14,18-39H2,3-12,15H3/t40-,43?,44+,45+,46?,47+,48+,49+,50-,51+,52-,53-,54-,55+,56+,57+,58-,59+,60?/m1/s1. The van der Waals surface area contributed by atoms with E-state index < -0.39 is 36.8 Å². The van der Waals surface area contributed by atoms with Crippen LogP contribution in [-0.2, 0) is 51.2 Å². The van der Waals surface area contributed by atoms with E-state index in [0.717, 1.165) is 97.6 Å². The van der Waals surface area contributed by atoms with Gasteiger partial charge in [-0.15, -0.1) is 13.2 Å². The molecule has 75 heavy (non-hydrogen) atoms. The lowest BCUT2D eigenvalue weighted by Crippen LogP contribution is -2.62. The van der Waals surface area contributed by atoms with Gasteiger partial charge in [0, 0.05) is 38.7 Å². The fourth-order valence-electron chi connectivity index (χ4n) is 14.6. The van der Waals surface area contributed by atoms with Gasteiger partial charge in [-0.05, 0) is 123 Å². The van der Waals surface area contributed by atoms with E-state index in [-0.39, 0.29) is 103 Å². The lowest BCUT2D eigenvalue weighted by atomic mass is 9.81. The van der Waals surface area contributed by atoms with Crippen molar-refractivity contribution in [2.24, 2.45) is 11.8 Å². The van der Waals surface area contributed by atoms with Crippen LogP contribution >= 0.6 is 0 Å². The van der Waals surface area contributed by atoms with E-state index in [0.29, 0.717) is 51.6 Å². The van der Waals surface area contributed by atoms with E-state index >= 15 is 0 Å². The highest BCUT2D eigenvalue weighted by Crippen LogP contribution is 2.54. The molecule has 8 rings (SSSR count). The third-order valence-corrected chi connectivity index (χ3v) is 34.2. The molecule has 8 heterocycles. The molecule has 12 nitrogen and oxygen atoms in total. The maximum absolute atomic E-state index is 11.3. The molecule has 8 aliphatic heterocycles. The summed E-state index contributed by atoms with van der Waals surface area (Å²) in [7, 11) is -4.07. The Labute approximate surface area is 458 Å². The molecule has 8 saturated heterocycles. The maximum Gasteiger partial charge on any atom is 0.192 e. The zero-order chi connectivity index (χ0) is 54.3. The van der Waals surface area contributed by atoms with E-state index in [9.17, 15) is 5.11 Å². The zero-order valence-electron chi connectivity index (χ0n) is 48.9. The van der Waals surface area contributed by atoms with Crippen LogP contribution in [0.15, 0.2) is 49.6 Å². The smallest absolute Gasteiger partial charge is 0.192 e. The third-order valence-electron chi connectivity index (χ3n) is 20.2. The summed E-state index contributed by atoms with van der Waals surface area (Å²) in [5.41, 5.74) is 2.27. The second-order valence-corrected chi connectivity index (χ2v) is 38.3. The minimum Gasteiger partial charge on any atom is -0.414 e. The van der Waals surface area contributed by atoms with Gasteiger partial charge < -0.3 is 56.3 Å². The maximum atomic E-state index is 11.3. The molecule has 6 bridgehead atoms. The summed E-state index contributed by atoms with van der Waals surface area (Å²) in [5.74, 6) is -0.522. The second kappa shape index (κ2) is 27.3. The fourth-order valence-corrected chi connectivity index (χ4v) is 23.0. The lowest BCUT2D eigenvalue weighted by Gasteiger charge is -2.47. The minimum absolute atomic E-state index is 0.0305. The van der Waals surface area contributed by atoms with Crippen molar-refractivity contribution in [3.63, 3.8) is 0 Å². The van der Waals surface area contributed by atoms with Crippen LogP contribution in [0.4, 0.5) is 0 Å². The highest BCUT2D eigenvalue weighted by molar-refractivity contribution is 6.74. The summed E-state index contributed by atoms with van der Waals surface area (Å²) in [6.45, 7) is 40.7. The first kappa shape index (κ1) is 61.7. The zero-order valence-corrected chi connectivity index (χ0v) is 51.9. The molecule has 0 aromatic carbocycles. The van der Waals surface area contributed by atoms with Crippen LogP contribution in [-0.4, -0.2) is 147 Å². The number of aliphatic hydroxyl groups is 1. The van der Waals surface area contributed by atoms with Crippen molar-refractivity contribution in [3.05, 3.63) is 49.6 Å². The predicted octanol–water partition coefficient (Wildman–Crippen LogP) is 12.9. The average Bonchev–Trinajstić information content (AvgIpc) is 4.10. The number of methoxy groups -OCH3 is 1. The molecule has 0 spiro atoms. The van der Waals surface area contributed by atoms with E-state index in [1.165, 1.54) is 0 Å². The molecular formula is C60H106O12Si3. The average molecular weight is 1100 g/mol. The molecule has 1 N–H and O–H groups in total. The summed E-state index contributed by atoms with van der Waals surface area (Å²) in [6, 6.07) is 9.66. The van der Waals surface area contributed by atoms with Gasteiger partial charge in [-0.3, -0.25) is 0 Å². The van der Waals surface area contributed by atoms with Crippen molar-refractivity contribution in [3.8, 4) is 0 Å². The van der Waals surface area contributed by atoms with Crippen molar-refractivity contribution in [1.82, 2.24) is 0 Å². The minimum atomic E-state index is -2.01. The normalized spacial score (nSPS) is 37.6. The molecule has 0 amide bonds. The van der Waals surface area contributed by atoms with Crippen molar-refractivity contribution in [1.29, 1.82) is 0 Å². The van der Waals surface area contributed by atoms with Crippen LogP contribution in [0.2, 0.25) is 54.4 Å². The fraction of sp³-hybridized carbons (Fsp3) is 0.867. The van der Waals surface area contributed by atoms with E-state index in [1.54, 1.807) is 13.2 Å². The Bertz CT molecular complexity index is 1820. The molecule has 8 fully saturated rings. The first-order valence-electron chi connectivity index (χ1n) is 30.4. The van der Waals surface area contributed by atoms with Gasteiger partial charge in [-0.1, -0.05) is 94.5 Å². The van der Waals surface area contributed by atoms with Gasteiger partial charge in [-0.25, -0.2) is 0 Å². The van der Waals surface area contributed by atoms with Gasteiger partial charge in [0.15, 0.2) is 30.7 Å². The molecular weight excluding hydrogens is 997 g/mol. The Hall–Kier alpha value is -0.869. The molecule has 3 unspecified atom stereocenters. The first-order chi connectivity index (χ1) is 36.0. The molecule has 430 valence electrons. The number of aliphatic hydroxyl groups excluding tert-OH is 1. The number of hydrogen-bond acceptors (Lipinski definition) is 12. The molecule has 0 aliphatic carbocycles. The van der Waals surface area contributed by atoms with E-state index in [1.807, 2.05) is 6.08 Å². The van der Waals surface area contributed by atoms with Crippen LogP contribution < -0.4 is 0 Å². The Balaban J connectivity index is 0.987. The summed E-state index contributed by atoms with van der Waals surface area (Å²) in [4.78, 5) is 0. The number of rotatable bonds is 33. The SMILES string of the molecule is C=CCC(O)C[C@@H]1[C@@H](OC)[C@@H](CC(CO[Si](CC)(CC)CC)O[Si](CC)(CC)CC)O[C@H]1C[C@H]1O[C@@H](CC[C@@H]2O[C@@H](CCC34C[C@H]5O[C@H]6[C@@H](O3)[C@@H](O[Si](CC)(CC)CC)[C@H](CC=C)O[C@H]6[C@H]5O4)CC2=C)C[C@@H](C)C1=C. The van der Waals surface area contributed by atoms with Gasteiger partial charge in [0.05, 0.1) is 73.8 Å². The first-order valence-corrected chi connectivity index (χ1v) is 38.0. The summed E-state index contributed by atoms with van der Waals surface area (Å²) in [6.07, 6.45) is 9.92. The van der Waals surface area contributed by atoms with Crippen LogP contribution in [0.5, 0.6) is 0 Å². The highest BCUT2D eigenvalue weighted by Gasteiger charge is 2.68. The molecule has 15 heteroatoms. The van der Waals surface area contributed by atoms with Crippen LogP contribution in [0, 0.1) is 11.8 Å². The molecule has 8 aliphatic rings. The Morgan fingerprint density at radius 3 is 1.95 bits per heavy atom. The quantitative estimate of drug-likeness (QED) is 0.0497. The summed E-state index contributed by atoms with van der Waals surface area (Å²) >= 11 is 0. The molecule has 19 atom stereocenters.